The number of aliphatic hydroxyl groups excluding tert-OH is 1. The van der Waals surface area contributed by atoms with Gasteiger partial charge in [0, 0.05) is 12.1 Å². The molecule has 1 fully saturated rings. The van der Waals surface area contributed by atoms with Crippen LogP contribution in [0.4, 0.5) is 0 Å². The molecule has 1 aliphatic heterocycles. The zero-order valence-corrected chi connectivity index (χ0v) is 10.4. The monoisotopic (exact) mass is 235 g/mol. The molecule has 90 valence electrons. The fourth-order valence-corrected chi connectivity index (χ4v) is 3.88. The van der Waals surface area contributed by atoms with E-state index in [0.29, 0.717) is 5.92 Å². The first-order valence-electron chi connectivity index (χ1n) is 5.44. The summed E-state index contributed by atoms with van der Waals surface area (Å²) in [6.45, 7) is 6.28. The first-order valence-corrected chi connectivity index (χ1v) is 7.27. The van der Waals surface area contributed by atoms with Crippen LogP contribution in [-0.4, -0.2) is 43.2 Å². The average molecular weight is 235 g/mol. The zero-order valence-electron chi connectivity index (χ0n) is 9.60. The lowest BCUT2D eigenvalue weighted by Crippen LogP contribution is -2.44. The zero-order chi connectivity index (χ0) is 11.6. The van der Waals surface area contributed by atoms with E-state index in [0.717, 1.165) is 6.42 Å². The number of aliphatic hydroxyl groups is 1. The van der Waals surface area contributed by atoms with Gasteiger partial charge >= 0.3 is 0 Å². The molecule has 3 atom stereocenters. The largest absolute Gasteiger partial charge is 0.390 e. The molecule has 0 aliphatic carbocycles. The Balaban J connectivity index is 2.46. The minimum absolute atomic E-state index is 0.0661. The molecular weight excluding hydrogens is 214 g/mol. The van der Waals surface area contributed by atoms with Gasteiger partial charge in [0.25, 0.3) is 0 Å². The molecule has 0 spiro atoms. The van der Waals surface area contributed by atoms with Gasteiger partial charge in [-0.25, -0.2) is 8.42 Å². The SMILES string of the molecule is CC(C)CC(C)NC1CS(=O)(=O)CC1O. The van der Waals surface area contributed by atoms with Crippen LogP contribution in [-0.2, 0) is 9.84 Å². The molecule has 5 heteroatoms. The lowest BCUT2D eigenvalue weighted by atomic mass is 10.0. The molecule has 0 saturated carbocycles. The van der Waals surface area contributed by atoms with Crippen LogP contribution >= 0.6 is 0 Å². The highest BCUT2D eigenvalue weighted by Crippen LogP contribution is 2.14. The highest BCUT2D eigenvalue weighted by atomic mass is 32.2. The number of hydrogen-bond acceptors (Lipinski definition) is 4. The topological polar surface area (TPSA) is 66.4 Å². The predicted octanol–water partition coefficient (Wildman–Crippen LogP) is 0.168. The highest BCUT2D eigenvalue weighted by molar-refractivity contribution is 7.91. The van der Waals surface area contributed by atoms with Crippen LogP contribution in [0.5, 0.6) is 0 Å². The smallest absolute Gasteiger partial charge is 0.154 e. The van der Waals surface area contributed by atoms with Gasteiger partial charge in [-0.05, 0) is 19.3 Å². The van der Waals surface area contributed by atoms with E-state index in [1.165, 1.54) is 0 Å². The molecule has 0 radical (unpaired) electrons. The molecule has 0 aromatic rings. The number of nitrogens with one attached hydrogen (secondary N) is 1. The van der Waals surface area contributed by atoms with Gasteiger partial charge in [-0.1, -0.05) is 13.8 Å². The Hall–Kier alpha value is -0.130. The summed E-state index contributed by atoms with van der Waals surface area (Å²) in [6.07, 6.45) is 0.244. The van der Waals surface area contributed by atoms with Crippen molar-refractivity contribution in [2.45, 2.75) is 45.4 Å². The van der Waals surface area contributed by atoms with Crippen LogP contribution in [0, 0.1) is 5.92 Å². The molecule has 4 nitrogen and oxygen atoms in total. The van der Waals surface area contributed by atoms with Crippen molar-refractivity contribution in [3.8, 4) is 0 Å². The molecule has 3 unspecified atom stereocenters. The average Bonchev–Trinajstić information content (AvgIpc) is 2.22. The van der Waals surface area contributed by atoms with E-state index in [-0.39, 0.29) is 23.6 Å². The molecule has 15 heavy (non-hydrogen) atoms. The molecule has 1 saturated heterocycles. The van der Waals surface area contributed by atoms with Crippen LogP contribution in [0.3, 0.4) is 0 Å². The lowest BCUT2D eigenvalue weighted by Gasteiger charge is -2.22. The summed E-state index contributed by atoms with van der Waals surface area (Å²) >= 11 is 0. The first-order chi connectivity index (χ1) is 6.80. The van der Waals surface area contributed by atoms with E-state index in [1.807, 2.05) is 6.92 Å². The lowest BCUT2D eigenvalue weighted by molar-refractivity contribution is 0.158. The van der Waals surface area contributed by atoms with E-state index in [9.17, 15) is 13.5 Å². The van der Waals surface area contributed by atoms with Crippen molar-refractivity contribution in [1.29, 1.82) is 0 Å². The fraction of sp³-hybridized carbons (Fsp3) is 1.00. The Labute approximate surface area is 92.0 Å². The van der Waals surface area contributed by atoms with Gasteiger partial charge in [0.05, 0.1) is 17.6 Å². The summed E-state index contributed by atoms with van der Waals surface area (Å²) < 4.78 is 22.5. The Morgan fingerprint density at radius 1 is 1.33 bits per heavy atom. The Morgan fingerprint density at radius 3 is 2.33 bits per heavy atom. The van der Waals surface area contributed by atoms with Crippen molar-refractivity contribution in [1.82, 2.24) is 5.32 Å². The van der Waals surface area contributed by atoms with Crippen molar-refractivity contribution >= 4 is 9.84 Å². The van der Waals surface area contributed by atoms with Crippen LogP contribution in [0.1, 0.15) is 27.2 Å². The molecule has 0 aromatic carbocycles. The van der Waals surface area contributed by atoms with Gasteiger partial charge in [-0.15, -0.1) is 0 Å². The third-order valence-corrected chi connectivity index (χ3v) is 4.36. The van der Waals surface area contributed by atoms with Crippen LogP contribution in [0.25, 0.3) is 0 Å². The molecule has 1 heterocycles. The molecule has 0 aromatic heterocycles. The Morgan fingerprint density at radius 2 is 1.93 bits per heavy atom. The van der Waals surface area contributed by atoms with Gasteiger partial charge in [-0.3, -0.25) is 0 Å². The third kappa shape index (κ3) is 4.09. The van der Waals surface area contributed by atoms with Crippen molar-refractivity contribution in [2.24, 2.45) is 5.92 Å². The van der Waals surface area contributed by atoms with Gasteiger partial charge in [-0.2, -0.15) is 0 Å². The van der Waals surface area contributed by atoms with Crippen LogP contribution in [0.2, 0.25) is 0 Å². The summed E-state index contributed by atoms with van der Waals surface area (Å²) in [5, 5.41) is 12.8. The van der Waals surface area contributed by atoms with Crippen LogP contribution in [0.15, 0.2) is 0 Å². The van der Waals surface area contributed by atoms with Crippen LogP contribution < -0.4 is 5.32 Å². The van der Waals surface area contributed by atoms with E-state index in [4.69, 9.17) is 0 Å². The molecule has 0 bridgehead atoms. The summed E-state index contributed by atoms with van der Waals surface area (Å²) in [5.41, 5.74) is 0. The van der Waals surface area contributed by atoms with E-state index in [2.05, 4.69) is 19.2 Å². The Kier molecular flexibility index (Phi) is 4.14. The van der Waals surface area contributed by atoms with Crippen molar-refractivity contribution in [3.63, 3.8) is 0 Å². The predicted molar refractivity (Wildman–Crippen MR) is 60.5 cm³/mol. The van der Waals surface area contributed by atoms with Gasteiger partial charge < -0.3 is 10.4 Å². The van der Waals surface area contributed by atoms with Crippen molar-refractivity contribution < 1.29 is 13.5 Å². The van der Waals surface area contributed by atoms with E-state index in [1.54, 1.807) is 0 Å². The summed E-state index contributed by atoms with van der Waals surface area (Å²) in [5.74, 6) is 0.540. The fourth-order valence-electron chi connectivity index (χ4n) is 2.13. The molecule has 2 N–H and O–H groups in total. The molecule has 1 rings (SSSR count). The van der Waals surface area contributed by atoms with E-state index >= 15 is 0 Å². The minimum atomic E-state index is -3.03. The maximum Gasteiger partial charge on any atom is 0.154 e. The molecular formula is C10H21NO3S. The van der Waals surface area contributed by atoms with Gasteiger partial charge in [0.1, 0.15) is 0 Å². The normalized spacial score (nSPS) is 32.1. The molecule has 0 amide bonds. The summed E-state index contributed by atoms with van der Waals surface area (Å²) in [6, 6.07) is -0.0401. The number of sulfone groups is 1. The second kappa shape index (κ2) is 4.80. The Bertz CT molecular complexity index is 300. The maximum absolute atomic E-state index is 11.3. The summed E-state index contributed by atoms with van der Waals surface area (Å²) in [4.78, 5) is 0. The maximum atomic E-state index is 11.3. The number of hydrogen-bond donors (Lipinski definition) is 2. The number of rotatable bonds is 4. The highest BCUT2D eigenvalue weighted by Gasteiger charge is 2.36. The van der Waals surface area contributed by atoms with Gasteiger partial charge in [0.15, 0.2) is 9.84 Å². The quantitative estimate of drug-likeness (QED) is 0.729. The standard InChI is InChI=1S/C10H21NO3S/c1-7(2)4-8(3)11-9-5-15(13,14)6-10(9)12/h7-12H,4-6H2,1-3H3. The molecule has 1 aliphatic rings. The van der Waals surface area contributed by atoms with Gasteiger partial charge in [0.2, 0.25) is 0 Å². The summed E-state index contributed by atoms with van der Waals surface area (Å²) in [7, 11) is -3.03. The second-order valence-electron chi connectivity index (χ2n) is 4.95. The van der Waals surface area contributed by atoms with Crippen molar-refractivity contribution in [2.75, 3.05) is 11.5 Å². The van der Waals surface area contributed by atoms with Crippen molar-refractivity contribution in [3.05, 3.63) is 0 Å². The van der Waals surface area contributed by atoms with E-state index < -0.39 is 15.9 Å². The third-order valence-electron chi connectivity index (χ3n) is 2.65. The second-order valence-corrected chi connectivity index (χ2v) is 7.10. The minimum Gasteiger partial charge on any atom is -0.390 e. The first kappa shape index (κ1) is 12.9.